The highest BCUT2D eigenvalue weighted by molar-refractivity contribution is 7.11. The molecule has 3 N–H and O–H groups in total. The van der Waals surface area contributed by atoms with Gasteiger partial charge in [-0.25, -0.2) is 4.98 Å². The molecular formula is C5H4F3N3S. The molecule has 0 radical (unpaired) electrons. The van der Waals surface area contributed by atoms with Crippen molar-refractivity contribution in [1.82, 2.24) is 4.98 Å². The highest BCUT2D eigenvalue weighted by Crippen LogP contribution is 2.29. The molecule has 0 amide bonds. The van der Waals surface area contributed by atoms with Crippen LogP contribution in [-0.2, 0) is 6.18 Å². The predicted molar refractivity (Wildman–Crippen MR) is 38.1 cm³/mol. The maximum absolute atomic E-state index is 11.9. The fourth-order valence-corrected chi connectivity index (χ4v) is 1.22. The Balaban J connectivity index is 3.00. The molecular weight excluding hydrogens is 191 g/mol. The molecule has 0 aliphatic rings. The Bertz CT molecular complexity index is 303. The normalized spacial score (nSPS) is 11.6. The number of hydrogen-bond acceptors (Lipinski definition) is 3. The summed E-state index contributed by atoms with van der Waals surface area (Å²) < 4.78 is 35.7. The minimum Gasteiger partial charge on any atom is -0.382 e. The van der Waals surface area contributed by atoms with Gasteiger partial charge in [0, 0.05) is 5.38 Å². The molecule has 1 heterocycles. The third kappa shape index (κ3) is 1.73. The second kappa shape index (κ2) is 2.74. The zero-order valence-corrected chi connectivity index (χ0v) is 6.46. The summed E-state index contributed by atoms with van der Waals surface area (Å²) in [4.78, 5) is 3.12. The monoisotopic (exact) mass is 195 g/mol. The van der Waals surface area contributed by atoms with Crippen molar-refractivity contribution in [2.45, 2.75) is 6.18 Å². The average molecular weight is 195 g/mol. The van der Waals surface area contributed by atoms with Crippen LogP contribution in [0.5, 0.6) is 0 Å². The number of nitrogens with zero attached hydrogens (tertiary/aromatic N) is 1. The van der Waals surface area contributed by atoms with Gasteiger partial charge in [-0.3, -0.25) is 5.41 Å². The van der Waals surface area contributed by atoms with Gasteiger partial charge in [-0.05, 0) is 0 Å². The van der Waals surface area contributed by atoms with E-state index < -0.39 is 17.7 Å². The Morgan fingerprint density at radius 2 is 2.17 bits per heavy atom. The standard InChI is InChI=1S/C5H4F3N3S/c6-5(7,8)2-1-12-4(11-2)3(9)10/h1H,(H3,9,10). The van der Waals surface area contributed by atoms with Crippen LogP contribution < -0.4 is 5.73 Å². The molecule has 0 saturated carbocycles. The molecule has 3 nitrogen and oxygen atoms in total. The lowest BCUT2D eigenvalue weighted by Gasteiger charge is -1.99. The average Bonchev–Trinajstić information content (AvgIpc) is 2.30. The van der Waals surface area contributed by atoms with Gasteiger partial charge < -0.3 is 5.73 Å². The Morgan fingerprint density at radius 3 is 2.42 bits per heavy atom. The van der Waals surface area contributed by atoms with Crippen molar-refractivity contribution in [2.75, 3.05) is 0 Å². The number of thiazole rings is 1. The summed E-state index contributed by atoms with van der Waals surface area (Å²) in [5.74, 6) is -0.449. The van der Waals surface area contributed by atoms with Gasteiger partial charge in [0.1, 0.15) is 0 Å². The Kier molecular flexibility index (Phi) is 2.05. The second-order valence-electron chi connectivity index (χ2n) is 1.95. The molecule has 0 saturated heterocycles. The summed E-state index contributed by atoms with van der Waals surface area (Å²) in [6, 6.07) is 0. The number of rotatable bonds is 1. The van der Waals surface area contributed by atoms with Crippen LogP contribution >= 0.6 is 11.3 Å². The fraction of sp³-hybridized carbons (Fsp3) is 0.200. The molecule has 0 aliphatic heterocycles. The van der Waals surface area contributed by atoms with E-state index in [1.165, 1.54) is 0 Å². The molecule has 1 rings (SSSR count). The van der Waals surface area contributed by atoms with Gasteiger partial charge in [0.2, 0.25) is 0 Å². The highest BCUT2D eigenvalue weighted by Gasteiger charge is 2.33. The maximum Gasteiger partial charge on any atom is 0.434 e. The zero-order valence-electron chi connectivity index (χ0n) is 5.64. The van der Waals surface area contributed by atoms with Crippen molar-refractivity contribution in [1.29, 1.82) is 5.41 Å². The first-order valence-electron chi connectivity index (χ1n) is 2.78. The number of hydrogen-bond donors (Lipinski definition) is 2. The Labute approximate surface area is 69.5 Å². The lowest BCUT2D eigenvalue weighted by atomic mass is 10.5. The SMILES string of the molecule is N=C(N)c1nc(C(F)(F)F)cs1. The van der Waals surface area contributed by atoms with Gasteiger partial charge in [-0.1, -0.05) is 0 Å². The molecule has 7 heteroatoms. The quantitative estimate of drug-likeness (QED) is 0.526. The fourth-order valence-electron chi connectivity index (χ4n) is 0.528. The molecule has 0 aromatic carbocycles. The van der Waals surface area contributed by atoms with E-state index in [4.69, 9.17) is 11.1 Å². The zero-order chi connectivity index (χ0) is 9.35. The maximum atomic E-state index is 11.9. The number of aromatic nitrogens is 1. The Morgan fingerprint density at radius 1 is 1.58 bits per heavy atom. The lowest BCUT2D eigenvalue weighted by Crippen LogP contribution is -2.12. The lowest BCUT2D eigenvalue weighted by molar-refractivity contribution is -0.140. The first kappa shape index (κ1) is 8.98. The van der Waals surface area contributed by atoms with E-state index in [-0.39, 0.29) is 5.01 Å². The van der Waals surface area contributed by atoms with Crippen LogP contribution in [0.1, 0.15) is 10.7 Å². The smallest absolute Gasteiger partial charge is 0.382 e. The van der Waals surface area contributed by atoms with Gasteiger partial charge in [-0.2, -0.15) is 13.2 Å². The van der Waals surface area contributed by atoms with Gasteiger partial charge in [0.05, 0.1) is 0 Å². The minimum atomic E-state index is -4.45. The topological polar surface area (TPSA) is 62.8 Å². The highest BCUT2D eigenvalue weighted by atomic mass is 32.1. The molecule has 1 aromatic heterocycles. The van der Waals surface area contributed by atoms with Crippen LogP contribution in [-0.4, -0.2) is 10.8 Å². The van der Waals surface area contributed by atoms with E-state index in [9.17, 15) is 13.2 Å². The van der Waals surface area contributed by atoms with Gasteiger partial charge >= 0.3 is 6.18 Å². The summed E-state index contributed by atoms with van der Waals surface area (Å²) in [7, 11) is 0. The van der Waals surface area contributed by atoms with Gasteiger partial charge in [0.15, 0.2) is 16.5 Å². The minimum absolute atomic E-state index is 0.109. The summed E-state index contributed by atoms with van der Waals surface area (Å²) in [5, 5.41) is 7.53. The molecule has 0 bridgehead atoms. The third-order valence-electron chi connectivity index (χ3n) is 1.03. The van der Waals surface area contributed by atoms with E-state index in [1.807, 2.05) is 0 Å². The van der Waals surface area contributed by atoms with Crippen molar-refractivity contribution >= 4 is 17.2 Å². The van der Waals surface area contributed by atoms with E-state index in [2.05, 4.69) is 4.98 Å². The van der Waals surface area contributed by atoms with Gasteiger partial charge in [-0.15, -0.1) is 11.3 Å². The van der Waals surface area contributed by atoms with Crippen molar-refractivity contribution < 1.29 is 13.2 Å². The third-order valence-corrected chi connectivity index (χ3v) is 1.90. The first-order chi connectivity index (χ1) is 5.41. The predicted octanol–water partition coefficient (Wildman–Crippen LogP) is 1.45. The van der Waals surface area contributed by atoms with Crippen LogP contribution in [0.4, 0.5) is 13.2 Å². The molecule has 0 spiro atoms. The summed E-state index contributed by atoms with van der Waals surface area (Å²) in [6.45, 7) is 0. The number of halogens is 3. The van der Waals surface area contributed by atoms with E-state index in [0.717, 1.165) is 5.38 Å². The molecule has 66 valence electrons. The number of alkyl halides is 3. The van der Waals surface area contributed by atoms with Crippen molar-refractivity contribution in [3.63, 3.8) is 0 Å². The van der Waals surface area contributed by atoms with Crippen LogP contribution in [0.15, 0.2) is 5.38 Å². The molecule has 12 heavy (non-hydrogen) atoms. The number of amidine groups is 1. The summed E-state index contributed by atoms with van der Waals surface area (Å²) >= 11 is 0.704. The molecule has 1 aromatic rings. The van der Waals surface area contributed by atoms with Crippen LogP contribution in [0.2, 0.25) is 0 Å². The van der Waals surface area contributed by atoms with E-state index in [0.29, 0.717) is 11.3 Å². The number of nitrogens with one attached hydrogen (secondary N) is 1. The Hall–Kier alpha value is -1.11. The summed E-state index contributed by atoms with van der Waals surface area (Å²) in [5.41, 5.74) is 3.93. The largest absolute Gasteiger partial charge is 0.434 e. The summed E-state index contributed by atoms with van der Waals surface area (Å²) in [6.07, 6.45) is -4.45. The van der Waals surface area contributed by atoms with Gasteiger partial charge in [0.25, 0.3) is 0 Å². The molecule has 0 atom stereocenters. The van der Waals surface area contributed by atoms with Crippen molar-refractivity contribution in [3.05, 3.63) is 16.1 Å². The van der Waals surface area contributed by atoms with Crippen molar-refractivity contribution in [2.24, 2.45) is 5.73 Å². The van der Waals surface area contributed by atoms with Crippen LogP contribution in [0.25, 0.3) is 0 Å². The number of nitrogen functional groups attached to an aromatic ring is 1. The van der Waals surface area contributed by atoms with Crippen molar-refractivity contribution in [3.8, 4) is 0 Å². The van der Waals surface area contributed by atoms with E-state index >= 15 is 0 Å². The molecule has 0 unspecified atom stereocenters. The number of nitrogens with two attached hydrogens (primary N) is 1. The van der Waals surface area contributed by atoms with E-state index in [1.54, 1.807) is 0 Å². The van der Waals surface area contributed by atoms with Crippen LogP contribution in [0, 0.1) is 5.41 Å². The van der Waals surface area contributed by atoms with Crippen LogP contribution in [0.3, 0.4) is 0 Å². The first-order valence-corrected chi connectivity index (χ1v) is 3.66. The molecule has 0 fully saturated rings. The molecule has 0 aliphatic carbocycles. The second-order valence-corrected chi connectivity index (χ2v) is 2.81.